The first-order valence-corrected chi connectivity index (χ1v) is 18.0. The van der Waals surface area contributed by atoms with Crippen LogP contribution in [-0.4, -0.2) is 80.5 Å². The molecule has 2 heterocycles. The lowest BCUT2D eigenvalue weighted by atomic mass is 10.1. The smallest absolute Gasteiger partial charge is 0.348 e. The number of rotatable bonds is 14. The molecule has 0 bridgehead atoms. The quantitative estimate of drug-likeness (QED) is 0.0438. The van der Waals surface area contributed by atoms with Crippen LogP contribution >= 0.6 is 23.4 Å². The highest BCUT2D eigenvalue weighted by molar-refractivity contribution is 7.99. The van der Waals surface area contributed by atoms with Gasteiger partial charge < -0.3 is 24.0 Å². The molecule has 45 heavy (non-hydrogen) atoms. The van der Waals surface area contributed by atoms with Crippen molar-refractivity contribution < 1.29 is 28.0 Å². The maximum absolute atomic E-state index is 16.4. The molecule has 10 nitrogen and oxygen atoms in total. The van der Waals surface area contributed by atoms with Crippen molar-refractivity contribution in [2.24, 2.45) is 0 Å². The molecule has 0 radical (unpaired) electrons. The van der Waals surface area contributed by atoms with Gasteiger partial charge in [0.05, 0.1) is 17.6 Å². The van der Waals surface area contributed by atoms with Crippen LogP contribution in [0.15, 0.2) is 65.8 Å². The molecular formula is C31H40ClFN4O6SSi. The standard InChI is InChI=1S/C31H40ClFN4O6SSi/c1-7-18-44-30-35-27(32)25(37(38)39)28(36-30)34-24-22(43-26(23(24)33)29(40-5)41-6)19-42-45(31(2,3)4,20-14-10-8-11-15-20)21-16-12-9-13-17-21/h8-17,22-24,26,29H,7,18-19H2,1-6H3,(H,34,35,36)/t22-,23-,24-,26+/m0/s1. The fourth-order valence-electron chi connectivity index (χ4n) is 5.72. The van der Waals surface area contributed by atoms with Gasteiger partial charge in [-0.15, -0.1) is 0 Å². The number of benzene rings is 2. The molecule has 244 valence electrons. The minimum absolute atomic E-state index is 0.0356. The van der Waals surface area contributed by atoms with Gasteiger partial charge in [-0.05, 0) is 21.8 Å². The Bertz CT molecular complexity index is 1380. The summed E-state index contributed by atoms with van der Waals surface area (Å²) in [5.74, 6) is 0.476. The van der Waals surface area contributed by atoms with Crippen LogP contribution in [0.25, 0.3) is 0 Å². The normalized spacial score (nSPS) is 20.5. The van der Waals surface area contributed by atoms with Crippen LogP contribution in [0, 0.1) is 10.1 Å². The fourth-order valence-corrected chi connectivity index (χ4v) is 11.3. The molecule has 1 fully saturated rings. The lowest BCUT2D eigenvalue weighted by Gasteiger charge is -2.43. The second-order valence-electron chi connectivity index (χ2n) is 11.7. The minimum Gasteiger partial charge on any atom is -0.405 e. The molecule has 0 saturated carbocycles. The maximum atomic E-state index is 16.4. The number of hydrogen-bond donors (Lipinski definition) is 1. The number of methoxy groups -OCH3 is 2. The van der Waals surface area contributed by atoms with Crippen molar-refractivity contribution in [1.82, 2.24) is 9.97 Å². The van der Waals surface area contributed by atoms with E-state index in [1.807, 2.05) is 43.3 Å². The highest BCUT2D eigenvalue weighted by Gasteiger charge is 2.54. The van der Waals surface area contributed by atoms with Gasteiger partial charge in [-0.3, -0.25) is 10.1 Å². The number of nitro groups is 1. The van der Waals surface area contributed by atoms with Crippen LogP contribution in [-0.2, 0) is 18.6 Å². The van der Waals surface area contributed by atoms with Crippen molar-refractivity contribution in [3.63, 3.8) is 0 Å². The van der Waals surface area contributed by atoms with Crippen molar-refractivity contribution in [3.8, 4) is 0 Å². The van der Waals surface area contributed by atoms with E-state index in [1.54, 1.807) is 0 Å². The molecule has 3 aromatic rings. The number of nitrogens with one attached hydrogen (secondary N) is 1. The summed E-state index contributed by atoms with van der Waals surface area (Å²) in [5, 5.41) is 16.7. The molecule has 0 aliphatic carbocycles. The number of hydrogen-bond acceptors (Lipinski definition) is 10. The van der Waals surface area contributed by atoms with Crippen molar-refractivity contribution in [1.29, 1.82) is 0 Å². The molecule has 4 atom stereocenters. The third kappa shape index (κ3) is 7.51. The first-order valence-electron chi connectivity index (χ1n) is 14.7. The number of nitrogens with zero attached hydrogens (tertiary/aromatic N) is 3. The Balaban J connectivity index is 1.78. The highest BCUT2D eigenvalue weighted by Crippen LogP contribution is 2.39. The van der Waals surface area contributed by atoms with Crippen molar-refractivity contribution in [2.45, 2.75) is 75.0 Å². The maximum Gasteiger partial charge on any atom is 0.348 e. The summed E-state index contributed by atoms with van der Waals surface area (Å²) >= 11 is 7.57. The van der Waals surface area contributed by atoms with E-state index in [-0.39, 0.29) is 27.8 Å². The van der Waals surface area contributed by atoms with Crippen LogP contribution in [0.3, 0.4) is 0 Å². The second kappa shape index (κ2) is 15.3. The number of ether oxygens (including phenoxy) is 3. The van der Waals surface area contributed by atoms with Crippen LogP contribution in [0.5, 0.6) is 0 Å². The van der Waals surface area contributed by atoms with Gasteiger partial charge in [0.15, 0.2) is 17.6 Å². The lowest BCUT2D eigenvalue weighted by molar-refractivity contribution is -0.384. The summed E-state index contributed by atoms with van der Waals surface area (Å²) in [6.07, 6.45) is -4.01. The van der Waals surface area contributed by atoms with Gasteiger partial charge in [-0.1, -0.05) is 112 Å². The third-order valence-electron chi connectivity index (χ3n) is 7.75. The van der Waals surface area contributed by atoms with E-state index in [9.17, 15) is 10.1 Å². The molecule has 14 heteroatoms. The number of thioether (sulfide) groups is 1. The molecule has 0 spiro atoms. The largest absolute Gasteiger partial charge is 0.405 e. The molecule has 0 unspecified atom stereocenters. The average Bonchev–Trinajstić information content (AvgIpc) is 3.31. The Morgan fingerprint density at radius 3 is 2.16 bits per heavy atom. The van der Waals surface area contributed by atoms with Gasteiger partial charge in [-0.2, -0.15) is 4.98 Å². The van der Waals surface area contributed by atoms with E-state index >= 15 is 4.39 Å². The minimum atomic E-state index is -3.04. The van der Waals surface area contributed by atoms with Crippen LogP contribution < -0.4 is 15.7 Å². The molecule has 4 rings (SSSR count). The van der Waals surface area contributed by atoms with Crippen molar-refractivity contribution in [3.05, 3.63) is 75.9 Å². The van der Waals surface area contributed by atoms with Gasteiger partial charge in [0.2, 0.25) is 11.0 Å². The first kappa shape index (κ1) is 35.2. The first-order chi connectivity index (χ1) is 21.5. The molecule has 2 aromatic carbocycles. The molecule has 1 saturated heterocycles. The molecular weight excluding hydrogens is 639 g/mol. The Kier molecular flexibility index (Phi) is 12.0. The SMILES string of the molecule is CCCSc1nc(Cl)c([N+](=O)[O-])c(N[C@@H]2[C@H](F)[C@H](C(OC)OC)O[C@H]2CO[Si](c2ccccc2)(c2ccccc2)C(C)(C)C)n1. The molecule has 1 N–H and O–H groups in total. The molecule has 1 aromatic heterocycles. The van der Waals surface area contributed by atoms with E-state index in [0.29, 0.717) is 5.75 Å². The van der Waals surface area contributed by atoms with E-state index in [0.717, 1.165) is 16.8 Å². The fraction of sp³-hybridized carbons (Fsp3) is 0.484. The summed E-state index contributed by atoms with van der Waals surface area (Å²) in [6, 6.07) is 18.9. The predicted molar refractivity (Wildman–Crippen MR) is 177 cm³/mol. The third-order valence-corrected chi connectivity index (χ3v) is 14.1. The van der Waals surface area contributed by atoms with Gasteiger partial charge in [0.1, 0.15) is 12.2 Å². The Morgan fingerprint density at radius 2 is 1.67 bits per heavy atom. The summed E-state index contributed by atoms with van der Waals surface area (Å²) in [4.78, 5) is 19.8. The van der Waals surface area contributed by atoms with E-state index in [2.05, 4.69) is 60.3 Å². The van der Waals surface area contributed by atoms with E-state index < -0.39 is 49.6 Å². The van der Waals surface area contributed by atoms with E-state index in [4.69, 9.17) is 30.2 Å². The second-order valence-corrected chi connectivity index (χ2v) is 17.4. The number of aromatic nitrogens is 2. The number of anilines is 1. The van der Waals surface area contributed by atoms with Gasteiger partial charge in [-0.25, -0.2) is 9.37 Å². The van der Waals surface area contributed by atoms with Crippen molar-refractivity contribution >= 4 is 53.6 Å². The van der Waals surface area contributed by atoms with E-state index in [1.165, 1.54) is 26.0 Å². The molecule has 1 aliphatic rings. The predicted octanol–water partition coefficient (Wildman–Crippen LogP) is 5.62. The Hall–Kier alpha value is -2.65. The van der Waals surface area contributed by atoms with Gasteiger partial charge in [0, 0.05) is 20.0 Å². The highest BCUT2D eigenvalue weighted by atomic mass is 35.5. The van der Waals surface area contributed by atoms with Crippen LogP contribution in [0.4, 0.5) is 15.9 Å². The lowest BCUT2D eigenvalue weighted by Crippen LogP contribution is -2.67. The Labute approximate surface area is 273 Å². The zero-order chi connectivity index (χ0) is 32.8. The average molecular weight is 679 g/mol. The topological polar surface area (TPSA) is 118 Å². The number of alkyl halides is 1. The van der Waals surface area contributed by atoms with Crippen LogP contribution in [0.2, 0.25) is 10.2 Å². The van der Waals surface area contributed by atoms with Gasteiger partial charge in [0.25, 0.3) is 8.32 Å². The molecule has 0 amide bonds. The van der Waals surface area contributed by atoms with Gasteiger partial charge >= 0.3 is 5.69 Å². The van der Waals surface area contributed by atoms with Crippen LogP contribution in [0.1, 0.15) is 34.1 Å². The van der Waals surface area contributed by atoms with Crippen molar-refractivity contribution in [2.75, 3.05) is 31.9 Å². The summed E-state index contributed by atoms with van der Waals surface area (Å²) < 4.78 is 40.5. The summed E-state index contributed by atoms with van der Waals surface area (Å²) in [5.41, 5.74) is -0.546. The number of halogens is 2. The zero-order valence-electron chi connectivity index (χ0n) is 26.2. The molecule has 1 aliphatic heterocycles. The Morgan fingerprint density at radius 1 is 1.09 bits per heavy atom. The monoisotopic (exact) mass is 678 g/mol. The summed E-state index contributed by atoms with van der Waals surface area (Å²) in [7, 11) is -0.251. The zero-order valence-corrected chi connectivity index (χ0v) is 28.8. The summed E-state index contributed by atoms with van der Waals surface area (Å²) in [6.45, 7) is 8.36.